The molecule has 2 aromatic rings. The zero-order valence-electron chi connectivity index (χ0n) is 21.6. The van der Waals surface area contributed by atoms with Gasteiger partial charge in [0, 0.05) is 22.8 Å². The standard InChI is InChI=1S/C25H31F4N5O3/c1-14(21(35)37-7)34-23(2,3)11-16(12-24(34,4)5)31-20-18(26)13-30-22(33-20)32-15-8-9-19(36-6)17(10-15)25(27,28)29/h8-10,13,16H,1,11-12H2,2-7H3,(H2,30,31,32,33). The van der Waals surface area contributed by atoms with Crippen LogP contribution in [0.15, 0.2) is 36.7 Å². The number of esters is 1. The molecule has 0 radical (unpaired) electrons. The molecule has 0 saturated carbocycles. The van der Waals surface area contributed by atoms with Crippen LogP contribution in [0.25, 0.3) is 0 Å². The lowest BCUT2D eigenvalue weighted by molar-refractivity contribution is -0.141. The van der Waals surface area contributed by atoms with Crippen molar-refractivity contribution in [1.29, 1.82) is 0 Å². The minimum Gasteiger partial charge on any atom is -0.496 e. The monoisotopic (exact) mass is 525 g/mol. The first-order valence-electron chi connectivity index (χ1n) is 11.5. The Labute approximate surface area is 213 Å². The molecule has 37 heavy (non-hydrogen) atoms. The lowest BCUT2D eigenvalue weighted by Gasteiger charge is -2.56. The molecule has 0 spiro atoms. The summed E-state index contributed by atoms with van der Waals surface area (Å²) in [5.74, 6) is -1.76. The van der Waals surface area contributed by atoms with E-state index in [1.165, 1.54) is 19.2 Å². The number of nitrogens with zero attached hydrogens (tertiary/aromatic N) is 3. The van der Waals surface area contributed by atoms with Gasteiger partial charge in [-0.1, -0.05) is 6.58 Å². The highest BCUT2D eigenvalue weighted by Gasteiger charge is 2.47. The van der Waals surface area contributed by atoms with Gasteiger partial charge in [-0.15, -0.1) is 0 Å². The van der Waals surface area contributed by atoms with Gasteiger partial charge in [-0.25, -0.2) is 14.2 Å². The average molecular weight is 526 g/mol. The molecular formula is C25H31F4N5O3. The molecule has 0 unspecified atom stereocenters. The maximum atomic E-state index is 14.7. The summed E-state index contributed by atoms with van der Waals surface area (Å²) in [6.07, 6.45) is -2.68. The van der Waals surface area contributed by atoms with Gasteiger partial charge < -0.3 is 25.0 Å². The molecule has 1 aliphatic rings. The van der Waals surface area contributed by atoms with E-state index in [-0.39, 0.29) is 34.9 Å². The van der Waals surface area contributed by atoms with E-state index in [4.69, 9.17) is 9.47 Å². The minimum atomic E-state index is -4.63. The summed E-state index contributed by atoms with van der Waals surface area (Å²) >= 11 is 0. The van der Waals surface area contributed by atoms with Gasteiger partial charge in [0.2, 0.25) is 5.95 Å². The summed E-state index contributed by atoms with van der Waals surface area (Å²) in [5, 5.41) is 5.79. The Kier molecular flexibility index (Phi) is 7.62. The van der Waals surface area contributed by atoms with Crippen LogP contribution < -0.4 is 15.4 Å². The fraction of sp³-hybridized carbons (Fsp3) is 0.480. The number of rotatable bonds is 7. The molecule has 1 aromatic carbocycles. The maximum absolute atomic E-state index is 14.7. The van der Waals surface area contributed by atoms with Gasteiger partial charge in [-0.2, -0.15) is 18.2 Å². The second-order valence-corrected chi connectivity index (χ2v) is 10.1. The quantitative estimate of drug-likeness (QED) is 0.278. The number of carbonyl (C=O) groups excluding carboxylic acids is 1. The number of hydrogen-bond donors (Lipinski definition) is 2. The molecular weight excluding hydrogens is 494 g/mol. The van der Waals surface area contributed by atoms with Gasteiger partial charge in [0.1, 0.15) is 11.4 Å². The Morgan fingerprint density at radius 1 is 1.16 bits per heavy atom. The Morgan fingerprint density at radius 2 is 1.78 bits per heavy atom. The van der Waals surface area contributed by atoms with Crippen LogP contribution in [0.5, 0.6) is 5.75 Å². The van der Waals surface area contributed by atoms with Crippen molar-refractivity contribution in [2.45, 2.75) is 63.8 Å². The topological polar surface area (TPSA) is 88.6 Å². The number of halogens is 4. The summed E-state index contributed by atoms with van der Waals surface area (Å²) in [7, 11) is 2.44. The van der Waals surface area contributed by atoms with Crippen LogP contribution in [-0.2, 0) is 15.7 Å². The van der Waals surface area contributed by atoms with Crippen LogP contribution in [-0.4, -0.2) is 52.2 Å². The van der Waals surface area contributed by atoms with Crippen LogP contribution in [0, 0.1) is 5.82 Å². The number of nitrogens with one attached hydrogen (secondary N) is 2. The number of piperidine rings is 1. The zero-order chi connectivity index (χ0) is 27.8. The number of anilines is 3. The second kappa shape index (κ2) is 10.1. The molecule has 202 valence electrons. The lowest BCUT2D eigenvalue weighted by atomic mass is 9.76. The van der Waals surface area contributed by atoms with Crippen LogP contribution in [0.2, 0.25) is 0 Å². The second-order valence-electron chi connectivity index (χ2n) is 10.1. The molecule has 0 bridgehead atoms. The first kappa shape index (κ1) is 28.0. The number of likely N-dealkylation sites (tertiary alicyclic amines) is 1. The Hall–Kier alpha value is -3.57. The predicted molar refractivity (Wildman–Crippen MR) is 131 cm³/mol. The van der Waals surface area contributed by atoms with Crippen molar-refractivity contribution >= 4 is 23.4 Å². The average Bonchev–Trinajstić information content (AvgIpc) is 2.78. The molecule has 0 atom stereocenters. The van der Waals surface area contributed by atoms with E-state index in [0.717, 1.165) is 19.4 Å². The zero-order valence-corrected chi connectivity index (χ0v) is 21.6. The Morgan fingerprint density at radius 3 is 2.32 bits per heavy atom. The molecule has 2 N–H and O–H groups in total. The summed E-state index contributed by atoms with van der Waals surface area (Å²) in [5.41, 5.74) is -1.78. The van der Waals surface area contributed by atoms with Gasteiger partial charge in [0.05, 0.1) is 26.0 Å². The third-order valence-electron chi connectivity index (χ3n) is 6.24. The highest BCUT2D eigenvalue weighted by Crippen LogP contribution is 2.42. The SMILES string of the molecule is C=C(C(=O)OC)N1C(C)(C)CC(Nc2nc(Nc3ccc(OC)c(C(F)(F)F)c3)ncc2F)CC1(C)C. The fourth-order valence-electron chi connectivity index (χ4n) is 5.18. The molecule has 12 heteroatoms. The first-order valence-corrected chi connectivity index (χ1v) is 11.5. The lowest BCUT2D eigenvalue weighted by Crippen LogP contribution is -2.63. The Bertz CT molecular complexity index is 1170. The van der Waals surface area contributed by atoms with Crippen molar-refractivity contribution < 1.29 is 31.8 Å². The van der Waals surface area contributed by atoms with E-state index >= 15 is 0 Å². The van der Waals surface area contributed by atoms with Crippen LogP contribution in [0.3, 0.4) is 0 Å². The smallest absolute Gasteiger partial charge is 0.420 e. The van der Waals surface area contributed by atoms with Gasteiger partial charge in [0.25, 0.3) is 0 Å². The van der Waals surface area contributed by atoms with Crippen molar-refractivity contribution in [3.63, 3.8) is 0 Å². The highest BCUT2D eigenvalue weighted by molar-refractivity contribution is 5.87. The van der Waals surface area contributed by atoms with E-state index in [1.807, 2.05) is 32.6 Å². The largest absolute Gasteiger partial charge is 0.496 e. The number of ether oxygens (including phenoxy) is 2. The number of alkyl halides is 3. The number of aromatic nitrogens is 2. The third kappa shape index (κ3) is 6.05. The summed E-state index contributed by atoms with van der Waals surface area (Å²) in [6.45, 7) is 11.7. The van der Waals surface area contributed by atoms with Gasteiger partial charge in [0.15, 0.2) is 11.6 Å². The molecule has 2 heterocycles. The van der Waals surface area contributed by atoms with E-state index in [1.54, 1.807) is 0 Å². The molecule has 1 saturated heterocycles. The van der Waals surface area contributed by atoms with Crippen LogP contribution in [0.4, 0.5) is 35.0 Å². The summed E-state index contributed by atoms with van der Waals surface area (Å²) in [4.78, 5) is 22.1. The van der Waals surface area contributed by atoms with Crippen molar-refractivity contribution in [2.75, 3.05) is 24.9 Å². The van der Waals surface area contributed by atoms with Gasteiger partial charge >= 0.3 is 12.1 Å². The first-order chi connectivity index (χ1) is 17.1. The van der Waals surface area contributed by atoms with Gasteiger partial charge in [-0.05, 0) is 58.7 Å². The summed E-state index contributed by atoms with van der Waals surface area (Å²) < 4.78 is 64.4. The van der Waals surface area contributed by atoms with Crippen molar-refractivity contribution in [3.05, 3.63) is 48.1 Å². The molecule has 1 aliphatic heterocycles. The maximum Gasteiger partial charge on any atom is 0.420 e. The van der Waals surface area contributed by atoms with E-state index in [2.05, 4.69) is 27.2 Å². The molecule has 0 aliphatic carbocycles. The predicted octanol–water partition coefficient (Wildman–Crippen LogP) is 5.51. The molecule has 0 amide bonds. The number of methoxy groups -OCH3 is 2. The van der Waals surface area contributed by atoms with E-state index in [0.29, 0.717) is 12.8 Å². The molecule has 3 rings (SSSR count). The number of hydrogen-bond acceptors (Lipinski definition) is 8. The minimum absolute atomic E-state index is 0.0579. The van der Waals surface area contributed by atoms with Crippen LogP contribution in [0.1, 0.15) is 46.1 Å². The highest BCUT2D eigenvalue weighted by atomic mass is 19.4. The third-order valence-corrected chi connectivity index (χ3v) is 6.24. The fourth-order valence-corrected chi connectivity index (χ4v) is 5.18. The van der Waals surface area contributed by atoms with Crippen molar-refractivity contribution in [2.24, 2.45) is 0 Å². The summed E-state index contributed by atoms with van der Waals surface area (Å²) in [6, 6.07) is 3.17. The van der Waals surface area contributed by atoms with Crippen molar-refractivity contribution in [3.8, 4) is 5.75 Å². The normalized spacial score (nSPS) is 17.2. The number of benzene rings is 1. The van der Waals surface area contributed by atoms with Crippen LogP contribution >= 0.6 is 0 Å². The van der Waals surface area contributed by atoms with Crippen molar-refractivity contribution in [1.82, 2.24) is 14.9 Å². The van der Waals surface area contributed by atoms with E-state index in [9.17, 15) is 22.4 Å². The Balaban J connectivity index is 1.83. The van der Waals surface area contributed by atoms with Gasteiger partial charge in [-0.3, -0.25) is 0 Å². The molecule has 8 nitrogen and oxygen atoms in total. The molecule has 1 fully saturated rings. The number of carbonyl (C=O) groups is 1. The van der Waals surface area contributed by atoms with E-state index < -0.39 is 34.6 Å². The molecule has 1 aromatic heterocycles.